The van der Waals surface area contributed by atoms with E-state index < -0.39 is 17.7 Å². The number of aromatic nitrogens is 3. The van der Waals surface area contributed by atoms with Crippen molar-refractivity contribution in [3.05, 3.63) is 60.3 Å². The monoisotopic (exact) mass is 441 g/mol. The Hall–Kier alpha value is -3.40. The van der Waals surface area contributed by atoms with Crippen LogP contribution in [0.25, 0.3) is 11.5 Å². The number of rotatable bonds is 3. The number of hydrogen-bond acceptors (Lipinski definition) is 6. The topological polar surface area (TPSA) is 93.4 Å². The van der Waals surface area contributed by atoms with Gasteiger partial charge >= 0.3 is 6.03 Å². The number of nitrogens with one attached hydrogen (secondary N) is 1. The Kier molecular flexibility index (Phi) is 5.30. The van der Waals surface area contributed by atoms with Gasteiger partial charge in [-0.2, -0.15) is 0 Å². The van der Waals surface area contributed by atoms with Gasteiger partial charge in [0.05, 0.1) is 11.6 Å². The number of pyridine rings is 1. The number of carbonyl (C=O) groups excluding carboxylic acids is 1. The van der Waals surface area contributed by atoms with E-state index in [1.165, 1.54) is 6.07 Å². The lowest BCUT2D eigenvalue weighted by atomic mass is 9.72. The van der Waals surface area contributed by atoms with E-state index in [9.17, 15) is 13.6 Å². The van der Waals surface area contributed by atoms with Gasteiger partial charge in [-0.05, 0) is 37.1 Å². The number of carbonyl (C=O) groups is 1. The minimum atomic E-state index is -0.825. The molecule has 166 valence electrons. The first-order valence-corrected chi connectivity index (χ1v) is 10.4. The summed E-state index contributed by atoms with van der Waals surface area (Å²) in [7, 11) is 0. The van der Waals surface area contributed by atoms with Crippen molar-refractivity contribution in [2.24, 2.45) is 5.41 Å². The molecule has 0 aliphatic carbocycles. The zero-order chi connectivity index (χ0) is 22.1. The van der Waals surface area contributed by atoms with Gasteiger partial charge in [0.2, 0.25) is 11.8 Å². The highest BCUT2D eigenvalue weighted by atomic mass is 19.1. The Balaban J connectivity index is 1.40. The van der Waals surface area contributed by atoms with E-state index in [0.717, 1.165) is 30.5 Å². The summed E-state index contributed by atoms with van der Waals surface area (Å²) >= 11 is 0. The molecule has 1 atom stereocenters. The van der Waals surface area contributed by atoms with Gasteiger partial charge in [0.25, 0.3) is 0 Å². The number of nitrogens with zero attached hydrogens (tertiary/aromatic N) is 4. The molecular formula is C22H21F2N5O3. The highest BCUT2D eigenvalue weighted by Gasteiger charge is 2.51. The molecule has 2 amide bonds. The quantitative estimate of drug-likeness (QED) is 0.664. The third-order valence-electron chi connectivity index (χ3n) is 6.26. The van der Waals surface area contributed by atoms with E-state index in [0.29, 0.717) is 38.1 Å². The van der Waals surface area contributed by atoms with Crippen LogP contribution < -0.4 is 5.32 Å². The molecule has 2 fully saturated rings. The first-order chi connectivity index (χ1) is 15.5. The fraction of sp³-hybridized carbons (Fsp3) is 0.364. The van der Waals surface area contributed by atoms with E-state index in [4.69, 9.17) is 9.15 Å². The number of ether oxygens (including phenoxy) is 1. The number of likely N-dealkylation sites (tertiary alicyclic amines) is 1. The fourth-order valence-electron chi connectivity index (χ4n) is 4.52. The maximum atomic E-state index is 14.0. The van der Waals surface area contributed by atoms with Crippen LogP contribution in [0.4, 0.5) is 19.3 Å². The van der Waals surface area contributed by atoms with Crippen molar-refractivity contribution in [1.29, 1.82) is 0 Å². The van der Waals surface area contributed by atoms with Gasteiger partial charge in [-0.15, -0.1) is 10.2 Å². The molecule has 10 heteroatoms. The summed E-state index contributed by atoms with van der Waals surface area (Å²) in [4.78, 5) is 18.5. The van der Waals surface area contributed by atoms with Crippen molar-refractivity contribution in [1.82, 2.24) is 20.1 Å². The van der Waals surface area contributed by atoms with E-state index in [1.807, 2.05) is 0 Å². The molecule has 2 aliphatic rings. The number of anilines is 1. The van der Waals surface area contributed by atoms with Crippen LogP contribution in [-0.2, 0) is 4.74 Å². The molecule has 2 saturated heterocycles. The minimum absolute atomic E-state index is 0.0707. The molecule has 8 nitrogen and oxygen atoms in total. The molecule has 1 aromatic carbocycles. The van der Waals surface area contributed by atoms with E-state index in [-0.39, 0.29) is 17.0 Å². The summed E-state index contributed by atoms with van der Waals surface area (Å²) in [5, 5.41) is 11.0. The molecule has 0 radical (unpaired) electrons. The lowest BCUT2D eigenvalue weighted by molar-refractivity contribution is 0.0104. The number of urea groups is 1. The van der Waals surface area contributed by atoms with Crippen LogP contribution in [-0.4, -0.2) is 52.4 Å². The number of amides is 2. The number of benzene rings is 1. The first kappa shape index (κ1) is 20.5. The lowest BCUT2D eigenvalue weighted by Gasteiger charge is -2.36. The van der Waals surface area contributed by atoms with Crippen LogP contribution in [0, 0.1) is 17.0 Å². The smallest absolute Gasteiger partial charge is 0.321 e. The summed E-state index contributed by atoms with van der Waals surface area (Å²) in [6, 6.07) is 6.16. The molecule has 2 aromatic heterocycles. The van der Waals surface area contributed by atoms with E-state index in [2.05, 4.69) is 20.5 Å². The molecule has 0 bridgehead atoms. The second kappa shape index (κ2) is 8.27. The van der Waals surface area contributed by atoms with Gasteiger partial charge in [-0.3, -0.25) is 4.98 Å². The van der Waals surface area contributed by atoms with Gasteiger partial charge in [-0.25, -0.2) is 13.6 Å². The molecule has 5 rings (SSSR count). The van der Waals surface area contributed by atoms with E-state index >= 15 is 0 Å². The van der Waals surface area contributed by atoms with Gasteiger partial charge in [0, 0.05) is 55.7 Å². The minimum Gasteiger partial charge on any atom is -0.420 e. The maximum absolute atomic E-state index is 14.0. The van der Waals surface area contributed by atoms with Gasteiger partial charge in [0.15, 0.2) is 0 Å². The van der Waals surface area contributed by atoms with Crippen molar-refractivity contribution in [3.8, 4) is 11.5 Å². The van der Waals surface area contributed by atoms with Crippen LogP contribution in [0.15, 0.2) is 47.1 Å². The molecule has 2 aliphatic heterocycles. The van der Waals surface area contributed by atoms with Crippen LogP contribution in [0.3, 0.4) is 0 Å². The van der Waals surface area contributed by atoms with Crippen molar-refractivity contribution in [2.75, 3.05) is 31.6 Å². The molecule has 1 spiro atoms. The Morgan fingerprint density at radius 3 is 2.66 bits per heavy atom. The predicted octanol–water partition coefficient (Wildman–Crippen LogP) is 3.84. The van der Waals surface area contributed by atoms with Crippen LogP contribution in [0.2, 0.25) is 0 Å². The van der Waals surface area contributed by atoms with Crippen molar-refractivity contribution in [2.45, 2.75) is 18.8 Å². The zero-order valence-electron chi connectivity index (χ0n) is 17.1. The van der Waals surface area contributed by atoms with Crippen molar-refractivity contribution in [3.63, 3.8) is 0 Å². The number of hydrogen-bond donors (Lipinski definition) is 1. The lowest BCUT2D eigenvalue weighted by Crippen LogP contribution is -2.38. The van der Waals surface area contributed by atoms with Crippen molar-refractivity contribution >= 4 is 11.7 Å². The first-order valence-electron chi connectivity index (χ1n) is 10.4. The highest BCUT2D eigenvalue weighted by molar-refractivity contribution is 5.89. The second-order valence-electron chi connectivity index (χ2n) is 8.14. The second-order valence-corrected chi connectivity index (χ2v) is 8.14. The van der Waals surface area contributed by atoms with Crippen LogP contribution in [0.1, 0.15) is 24.7 Å². The normalized spacial score (nSPS) is 19.9. The summed E-state index contributed by atoms with van der Waals surface area (Å²) < 4.78 is 38.8. The average molecular weight is 441 g/mol. The third-order valence-corrected chi connectivity index (χ3v) is 6.26. The summed E-state index contributed by atoms with van der Waals surface area (Å²) in [6.07, 6.45) is 4.77. The molecular weight excluding hydrogens is 420 g/mol. The number of halogens is 2. The van der Waals surface area contributed by atoms with E-state index in [1.54, 1.807) is 29.4 Å². The summed E-state index contributed by atoms with van der Waals surface area (Å²) in [5.41, 5.74) is 0.414. The largest absolute Gasteiger partial charge is 0.420 e. The molecule has 32 heavy (non-hydrogen) atoms. The van der Waals surface area contributed by atoms with Crippen LogP contribution in [0.5, 0.6) is 0 Å². The highest BCUT2D eigenvalue weighted by Crippen LogP contribution is 2.49. The van der Waals surface area contributed by atoms with Crippen molar-refractivity contribution < 1.29 is 22.7 Å². The Bertz CT molecular complexity index is 1120. The average Bonchev–Trinajstić information content (AvgIpc) is 3.42. The van der Waals surface area contributed by atoms with Gasteiger partial charge < -0.3 is 19.4 Å². The molecule has 1 N–H and O–H groups in total. The van der Waals surface area contributed by atoms with Gasteiger partial charge in [-0.1, -0.05) is 0 Å². The van der Waals surface area contributed by atoms with Gasteiger partial charge in [0.1, 0.15) is 11.6 Å². The summed E-state index contributed by atoms with van der Waals surface area (Å²) in [5.74, 6) is -0.862. The third kappa shape index (κ3) is 3.81. The maximum Gasteiger partial charge on any atom is 0.321 e. The molecule has 0 saturated carbocycles. The Morgan fingerprint density at radius 2 is 1.91 bits per heavy atom. The molecule has 1 unspecified atom stereocenters. The standard InChI is InChI=1S/C22H21F2N5O3/c23-15-1-2-18(17(24)11-15)26-21(30)29-12-16(22(13-29)5-9-31-10-6-22)20-28-27-19(32-20)14-3-7-25-8-4-14/h1-4,7-8,11,16H,5-6,9-10,12-13H2,(H,26,30). The Morgan fingerprint density at radius 1 is 1.12 bits per heavy atom. The molecule has 4 heterocycles. The summed E-state index contributed by atoms with van der Waals surface area (Å²) in [6.45, 7) is 1.93. The Labute approximate surface area is 182 Å². The predicted molar refractivity (Wildman–Crippen MR) is 110 cm³/mol. The fourth-order valence-corrected chi connectivity index (χ4v) is 4.52. The molecule has 3 aromatic rings. The zero-order valence-corrected chi connectivity index (χ0v) is 17.1. The SMILES string of the molecule is O=C(Nc1ccc(F)cc1F)N1CC(c2nnc(-c3ccncc3)o2)C2(CCOCC2)C1. The van der Waals surface area contributed by atoms with Crippen LogP contribution >= 0.6 is 0 Å².